The Labute approximate surface area is 122 Å². The van der Waals surface area contributed by atoms with Gasteiger partial charge >= 0.3 is 0 Å². The topological polar surface area (TPSA) is 34.9 Å². The fourth-order valence-corrected chi connectivity index (χ4v) is 2.32. The molecule has 1 aromatic carbocycles. The fourth-order valence-electron chi connectivity index (χ4n) is 1.93. The third-order valence-corrected chi connectivity index (χ3v) is 3.65. The quantitative estimate of drug-likeness (QED) is 0.791. The van der Waals surface area contributed by atoms with E-state index in [0.29, 0.717) is 21.3 Å². The first-order chi connectivity index (χ1) is 8.93. The van der Waals surface area contributed by atoms with Gasteiger partial charge < -0.3 is 0 Å². The van der Waals surface area contributed by atoms with E-state index < -0.39 is 0 Å². The van der Waals surface area contributed by atoms with E-state index in [4.69, 9.17) is 23.2 Å². The van der Waals surface area contributed by atoms with E-state index in [2.05, 4.69) is 5.10 Å². The maximum absolute atomic E-state index is 12.6. The van der Waals surface area contributed by atoms with Gasteiger partial charge in [-0.25, -0.2) is 0 Å². The van der Waals surface area contributed by atoms with Crippen LogP contribution in [0.15, 0.2) is 24.4 Å². The van der Waals surface area contributed by atoms with Crippen molar-refractivity contribution in [2.45, 2.75) is 26.8 Å². The van der Waals surface area contributed by atoms with Crippen LogP contribution in [0.3, 0.4) is 0 Å². The van der Waals surface area contributed by atoms with Gasteiger partial charge in [0.05, 0.1) is 11.2 Å². The molecule has 0 aliphatic carbocycles. The average Bonchev–Trinajstić information content (AvgIpc) is 2.74. The Hall–Kier alpha value is -1.32. The van der Waals surface area contributed by atoms with E-state index in [9.17, 15) is 4.79 Å². The number of hydrogen-bond acceptors (Lipinski definition) is 2. The van der Waals surface area contributed by atoms with Gasteiger partial charge in [-0.1, -0.05) is 35.3 Å². The summed E-state index contributed by atoms with van der Waals surface area (Å²) in [7, 11) is 0. The molecule has 0 radical (unpaired) electrons. The van der Waals surface area contributed by atoms with Crippen molar-refractivity contribution in [1.29, 1.82) is 0 Å². The van der Waals surface area contributed by atoms with Gasteiger partial charge in [-0.3, -0.25) is 9.48 Å². The summed E-state index contributed by atoms with van der Waals surface area (Å²) >= 11 is 12.1. The Morgan fingerprint density at radius 3 is 2.58 bits per heavy atom. The molecule has 0 spiro atoms. The SMILES string of the molecule is Cc1c(Cl)cccc1C(=O)c1c(Cl)cnn1C(C)C. The van der Waals surface area contributed by atoms with Crippen molar-refractivity contribution in [2.24, 2.45) is 0 Å². The number of aromatic nitrogens is 2. The summed E-state index contributed by atoms with van der Waals surface area (Å²) in [5.41, 5.74) is 1.71. The smallest absolute Gasteiger partial charge is 0.212 e. The molecule has 0 aliphatic heterocycles. The second-order valence-electron chi connectivity index (χ2n) is 4.62. The summed E-state index contributed by atoms with van der Waals surface area (Å²) < 4.78 is 1.63. The van der Waals surface area contributed by atoms with Gasteiger partial charge in [-0.2, -0.15) is 5.10 Å². The van der Waals surface area contributed by atoms with Crippen LogP contribution in [0.2, 0.25) is 10.0 Å². The zero-order chi connectivity index (χ0) is 14.2. The highest BCUT2D eigenvalue weighted by Gasteiger charge is 2.22. The lowest BCUT2D eigenvalue weighted by Crippen LogP contribution is -2.14. The minimum atomic E-state index is -0.156. The van der Waals surface area contributed by atoms with E-state index in [1.807, 2.05) is 20.8 Å². The number of carbonyl (C=O) groups excluding carboxylic acids is 1. The highest BCUT2D eigenvalue weighted by Crippen LogP contribution is 2.26. The van der Waals surface area contributed by atoms with Crippen molar-refractivity contribution < 1.29 is 4.79 Å². The van der Waals surface area contributed by atoms with Gasteiger partial charge in [0.2, 0.25) is 5.78 Å². The molecule has 0 saturated heterocycles. The number of hydrogen-bond donors (Lipinski definition) is 0. The summed E-state index contributed by atoms with van der Waals surface area (Å²) in [5.74, 6) is -0.156. The van der Waals surface area contributed by atoms with Crippen LogP contribution in [0.1, 0.15) is 41.5 Å². The largest absolute Gasteiger partial charge is 0.287 e. The molecule has 0 bridgehead atoms. The molecule has 0 N–H and O–H groups in total. The van der Waals surface area contributed by atoms with Crippen LogP contribution in [-0.4, -0.2) is 15.6 Å². The molecule has 0 unspecified atom stereocenters. The van der Waals surface area contributed by atoms with Crippen molar-refractivity contribution in [2.75, 3.05) is 0 Å². The minimum absolute atomic E-state index is 0.0611. The molecule has 0 saturated carbocycles. The molecule has 100 valence electrons. The Morgan fingerprint density at radius 1 is 1.26 bits per heavy atom. The molecule has 0 fully saturated rings. The first kappa shape index (κ1) is 14.1. The molecule has 19 heavy (non-hydrogen) atoms. The summed E-state index contributed by atoms with van der Waals surface area (Å²) in [4.78, 5) is 12.6. The second-order valence-corrected chi connectivity index (χ2v) is 5.44. The van der Waals surface area contributed by atoms with Crippen LogP contribution in [0.5, 0.6) is 0 Å². The first-order valence-electron chi connectivity index (χ1n) is 5.96. The summed E-state index contributed by atoms with van der Waals surface area (Å²) in [5, 5.41) is 5.07. The van der Waals surface area contributed by atoms with Gasteiger partial charge in [0.1, 0.15) is 5.69 Å². The van der Waals surface area contributed by atoms with Gasteiger partial charge in [-0.15, -0.1) is 0 Å². The first-order valence-corrected chi connectivity index (χ1v) is 6.72. The summed E-state index contributed by atoms with van der Waals surface area (Å²) in [6, 6.07) is 5.32. The lowest BCUT2D eigenvalue weighted by Gasteiger charge is -2.12. The third-order valence-electron chi connectivity index (χ3n) is 2.97. The lowest BCUT2D eigenvalue weighted by molar-refractivity contribution is 0.102. The van der Waals surface area contributed by atoms with Gasteiger partial charge in [0.15, 0.2) is 0 Å². The highest BCUT2D eigenvalue weighted by molar-refractivity contribution is 6.35. The predicted molar refractivity (Wildman–Crippen MR) is 77.2 cm³/mol. The maximum atomic E-state index is 12.6. The molecule has 3 nitrogen and oxygen atoms in total. The molecular formula is C14H14Cl2N2O. The van der Waals surface area contributed by atoms with E-state index >= 15 is 0 Å². The second kappa shape index (κ2) is 5.35. The zero-order valence-electron chi connectivity index (χ0n) is 10.9. The molecule has 1 heterocycles. The van der Waals surface area contributed by atoms with Gasteiger partial charge in [0.25, 0.3) is 0 Å². The molecule has 5 heteroatoms. The van der Waals surface area contributed by atoms with Gasteiger partial charge in [-0.05, 0) is 32.4 Å². The van der Waals surface area contributed by atoms with Crippen LogP contribution in [-0.2, 0) is 0 Å². The van der Waals surface area contributed by atoms with Crippen molar-refractivity contribution in [3.05, 3.63) is 51.3 Å². The minimum Gasteiger partial charge on any atom is -0.287 e. The van der Waals surface area contributed by atoms with Crippen molar-refractivity contribution in [3.63, 3.8) is 0 Å². The van der Waals surface area contributed by atoms with E-state index in [-0.39, 0.29) is 11.8 Å². The molecule has 0 amide bonds. The number of ketones is 1. The van der Waals surface area contributed by atoms with Crippen LogP contribution < -0.4 is 0 Å². The Balaban J connectivity index is 2.56. The number of benzene rings is 1. The standard InChI is InChI=1S/C14H14Cl2N2O/c1-8(2)18-13(12(16)7-17-18)14(19)10-5-4-6-11(15)9(10)3/h4-8H,1-3H3. The number of rotatable bonds is 3. The predicted octanol–water partition coefficient (Wildman–Crippen LogP) is 4.31. The number of carbonyl (C=O) groups is 1. The molecule has 2 rings (SSSR count). The Morgan fingerprint density at radius 2 is 1.95 bits per heavy atom. The van der Waals surface area contributed by atoms with E-state index in [1.54, 1.807) is 22.9 Å². The van der Waals surface area contributed by atoms with Crippen LogP contribution in [0, 0.1) is 6.92 Å². The average molecular weight is 297 g/mol. The highest BCUT2D eigenvalue weighted by atomic mass is 35.5. The molecular weight excluding hydrogens is 283 g/mol. The van der Waals surface area contributed by atoms with Crippen LogP contribution in [0.25, 0.3) is 0 Å². The number of halogens is 2. The molecule has 1 aromatic heterocycles. The van der Waals surface area contributed by atoms with Crippen molar-refractivity contribution in [3.8, 4) is 0 Å². The molecule has 0 atom stereocenters. The fraction of sp³-hybridized carbons (Fsp3) is 0.286. The summed E-state index contributed by atoms with van der Waals surface area (Å²) in [6.45, 7) is 5.72. The third kappa shape index (κ3) is 2.53. The number of nitrogens with zero attached hydrogens (tertiary/aromatic N) is 2. The maximum Gasteiger partial charge on any atom is 0.212 e. The lowest BCUT2D eigenvalue weighted by atomic mass is 10.0. The van der Waals surface area contributed by atoms with Crippen molar-refractivity contribution >= 4 is 29.0 Å². The monoisotopic (exact) mass is 296 g/mol. The van der Waals surface area contributed by atoms with Crippen LogP contribution >= 0.6 is 23.2 Å². The molecule has 2 aromatic rings. The van der Waals surface area contributed by atoms with Crippen LogP contribution in [0.4, 0.5) is 0 Å². The van der Waals surface area contributed by atoms with Gasteiger partial charge in [0, 0.05) is 16.6 Å². The summed E-state index contributed by atoms with van der Waals surface area (Å²) in [6.07, 6.45) is 1.49. The Bertz CT molecular complexity index is 632. The normalized spacial score (nSPS) is 11.1. The molecule has 0 aliphatic rings. The zero-order valence-corrected chi connectivity index (χ0v) is 12.5. The Kier molecular flexibility index (Phi) is 3.97. The van der Waals surface area contributed by atoms with E-state index in [0.717, 1.165) is 5.56 Å². The van der Waals surface area contributed by atoms with Crippen molar-refractivity contribution in [1.82, 2.24) is 9.78 Å². The van der Waals surface area contributed by atoms with E-state index in [1.165, 1.54) is 6.20 Å².